The van der Waals surface area contributed by atoms with Gasteiger partial charge in [-0.25, -0.2) is 0 Å². The van der Waals surface area contributed by atoms with Crippen LogP contribution in [0.1, 0.15) is 18.1 Å². The molecule has 0 atom stereocenters. The largest absolute Gasteiger partial charge is 0.495 e. The maximum Gasteiger partial charge on any atom is 0.249 e. The Balaban J connectivity index is 1.80. The van der Waals surface area contributed by atoms with Crippen molar-refractivity contribution in [3.05, 3.63) is 58.7 Å². The molecule has 3 aromatic rings. The van der Waals surface area contributed by atoms with Crippen molar-refractivity contribution in [1.29, 1.82) is 0 Å². The first-order valence-electron chi connectivity index (χ1n) is 8.26. The predicted octanol–water partition coefficient (Wildman–Crippen LogP) is 4.89. The highest BCUT2D eigenvalue weighted by molar-refractivity contribution is 6.31. The van der Waals surface area contributed by atoms with E-state index in [1.54, 1.807) is 19.4 Å². The zero-order chi connectivity index (χ0) is 18.5. The molecule has 0 aliphatic heterocycles. The third-order valence-electron chi connectivity index (χ3n) is 3.92. The van der Waals surface area contributed by atoms with Gasteiger partial charge in [0, 0.05) is 16.8 Å². The lowest BCUT2D eigenvalue weighted by Crippen LogP contribution is -2.03. The van der Waals surface area contributed by atoms with Crippen molar-refractivity contribution in [3.63, 3.8) is 0 Å². The van der Waals surface area contributed by atoms with Crippen LogP contribution in [0.5, 0.6) is 5.75 Å². The molecule has 0 fully saturated rings. The van der Waals surface area contributed by atoms with E-state index in [0.29, 0.717) is 22.5 Å². The molecule has 0 radical (unpaired) electrons. The van der Waals surface area contributed by atoms with Gasteiger partial charge < -0.3 is 15.4 Å². The molecule has 2 aromatic carbocycles. The molecule has 26 heavy (non-hydrogen) atoms. The molecule has 0 bridgehead atoms. The Kier molecular flexibility index (Phi) is 5.53. The normalized spacial score (nSPS) is 10.5. The molecule has 7 heteroatoms. The van der Waals surface area contributed by atoms with Crippen molar-refractivity contribution < 1.29 is 4.74 Å². The zero-order valence-electron chi connectivity index (χ0n) is 14.9. The fourth-order valence-electron chi connectivity index (χ4n) is 2.44. The Morgan fingerprint density at radius 1 is 1.12 bits per heavy atom. The quantitative estimate of drug-likeness (QED) is 0.644. The van der Waals surface area contributed by atoms with Gasteiger partial charge in [0.2, 0.25) is 5.95 Å². The topological polar surface area (TPSA) is 72.0 Å². The number of nitrogens with zero attached hydrogens (tertiary/aromatic N) is 3. The summed E-state index contributed by atoms with van der Waals surface area (Å²) in [6, 6.07) is 11.8. The first kappa shape index (κ1) is 17.9. The van der Waals surface area contributed by atoms with E-state index in [9.17, 15) is 0 Å². The Labute approximate surface area is 157 Å². The maximum absolute atomic E-state index is 6.15. The van der Waals surface area contributed by atoms with Crippen LogP contribution in [-0.2, 0) is 6.42 Å². The van der Waals surface area contributed by atoms with E-state index in [4.69, 9.17) is 16.3 Å². The number of aryl methyl sites for hydroxylation is 2. The molecule has 3 rings (SSSR count). The molecule has 2 N–H and O–H groups in total. The van der Waals surface area contributed by atoms with Gasteiger partial charge >= 0.3 is 0 Å². The first-order chi connectivity index (χ1) is 12.6. The van der Waals surface area contributed by atoms with E-state index in [0.717, 1.165) is 23.4 Å². The van der Waals surface area contributed by atoms with Crippen LogP contribution in [-0.4, -0.2) is 22.3 Å². The predicted molar refractivity (Wildman–Crippen MR) is 105 cm³/mol. The summed E-state index contributed by atoms with van der Waals surface area (Å²) in [5.41, 5.74) is 3.87. The summed E-state index contributed by atoms with van der Waals surface area (Å²) in [7, 11) is 1.59. The van der Waals surface area contributed by atoms with Crippen LogP contribution in [0, 0.1) is 6.92 Å². The smallest absolute Gasteiger partial charge is 0.249 e. The second kappa shape index (κ2) is 8.01. The van der Waals surface area contributed by atoms with E-state index >= 15 is 0 Å². The number of rotatable bonds is 6. The minimum absolute atomic E-state index is 0.406. The minimum atomic E-state index is 0.406. The molecule has 0 amide bonds. The number of nitrogens with one attached hydrogen (secondary N) is 2. The molecular weight excluding hydrogens is 350 g/mol. The van der Waals surface area contributed by atoms with Crippen molar-refractivity contribution >= 4 is 34.7 Å². The number of ether oxygens (including phenoxy) is 1. The van der Waals surface area contributed by atoms with E-state index in [1.165, 1.54) is 5.56 Å². The van der Waals surface area contributed by atoms with E-state index in [2.05, 4.69) is 44.9 Å². The summed E-state index contributed by atoms with van der Waals surface area (Å²) < 4.78 is 5.37. The van der Waals surface area contributed by atoms with Gasteiger partial charge in [-0.3, -0.25) is 0 Å². The first-order valence-corrected chi connectivity index (χ1v) is 8.63. The number of halogens is 1. The summed E-state index contributed by atoms with van der Waals surface area (Å²) >= 11 is 6.15. The van der Waals surface area contributed by atoms with Crippen LogP contribution >= 0.6 is 11.6 Å². The van der Waals surface area contributed by atoms with E-state index < -0.39 is 0 Å². The number of benzene rings is 2. The van der Waals surface area contributed by atoms with Gasteiger partial charge in [-0.2, -0.15) is 10.1 Å². The summed E-state index contributed by atoms with van der Waals surface area (Å²) in [5, 5.41) is 15.0. The lowest BCUT2D eigenvalue weighted by molar-refractivity contribution is 0.416. The average molecular weight is 370 g/mol. The third-order valence-corrected chi connectivity index (χ3v) is 4.33. The fourth-order valence-corrected chi connectivity index (χ4v) is 2.59. The maximum atomic E-state index is 6.15. The molecule has 0 unspecified atom stereocenters. The van der Waals surface area contributed by atoms with Gasteiger partial charge in [0.15, 0.2) is 5.82 Å². The number of hydrogen-bond donors (Lipinski definition) is 2. The van der Waals surface area contributed by atoms with Crippen LogP contribution in [0.2, 0.25) is 5.02 Å². The second-order valence-electron chi connectivity index (χ2n) is 5.77. The van der Waals surface area contributed by atoms with Crippen molar-refractivity contribution in [2.24, 2.45) is 0 Å². The monoisotopic (exact) mass is 369 g/mol. The summed E-state index contributed by atoms with van der Waals surface area (Å²) in [6.07, 6.45) is 2.55. The van der Waals surface area contributed by atoms with Crippen molar-refractivity contribution in [1.82, 2.24) is 15.2 Å². The van der Waals surface area contributed by atoms with Crippen molar-refractivity contribution in [3.8, 4) is 5.75 Å². The highest BCUT2D eigenvalue weighted by Crippen LogP contribution is 2.32. The second-order valence-corrected chi connectivity index (χ2v) is 6.17. The van der Waals surface area contributed by atoms with Gasteiger partial charge in [0.25, 0.3) is 0 Å². The SMILES string of the molecule is CCc1ccc(Nc2nncc(Nc3cc(C)c(Cl)cc3OC)n2)cc1. The van der Waals surface area contributed by atoms with Crippen molar-refractivity contribution in [2.75, 3.05) is 17.7 Å². The summed E-state index contributed by atoms with van der Waals surface area (Å²) in [6.45, 7) is 4.05. The van der Waals surface area contributed by atoms with Crippen molar-refractivity contribution in [2.45, 2.75) is 20.3 Å². The molecule has 1 aromatic heterocycles. The lowest BCUT2D eigenvalue weighted by Gasteiger charge is -2.13. The lowest BCUT2D eigenvalue weighted by atomic mass is 10.1. The third kappa shape index (κ3) is 4.21. The summed E-state index contributed by atoms with van der Waals surface area (Å²) in [5.74, 6) is 1.58. The van der Waals surface area contributed by atoms with Crippen LogP contribution in [0.4, 0.5) is 23.1 Å². The average Bonchev–Trinajstić information content (AvgIpc) is 2.65. The zero-order valence-corrected chi connectivity index (χ0v) is 15.6. The van der Waals surface area contributed by atoms with Gasteiger partial charge in [-0.05, 0) is 42.7 Å². The number of anilines is 4. The van der Waals surface area contributed by atoms with Gasteiger partial charge in [-0.15, -0.1) is 5.10 Å². The minimum Gasteiger partial charge on any atom is -0.495 e. The molecule has 0 spiro atoms. The Morgan fingerprint density at radius 2 is 1.88 bits per heavy atom. The highest BCUT2D eigenvalue weighted by Gasteiger charge is 2.09. The fraction of sp³-hybridized carbons (Fsp3) is 0.211. The Hall–Kier alpha value is -2.86. The molecule has 0 aliphatic rings. The number of aromatic nitrogens is 3. The molecule has 0 saturated carbocycles. The highest BCUT2D eigenvalue weighted by atomic mass is 35.5. The van der Waals surface area contributed by atoms with Gasteiger partial charge in [0.1, 0.15) is 5.75 Å². The van der Waals surface area contributed by atoms with Gasteiger partial charge in [0.05, 0.1) is 19.0 Å². The van der Waals surface area contributed by atoms with E-state index in [1.807, 2.05) is 25.1 Å². The van der Waals surface area contributed by atoms with Crippen LogP contribution < -0.4 is 15.4 Å². The number of hydrogen-bond acceptors (Lipinski definition) is 6. The van der Waals surface area contributed by atoms with E-state index in [-0.39, 0.29) is 0 Å². The van der Waals surface area contributed by atoms with Gasteiger partial charge in [-0.1, -0.05) is 30.7 Å². The summed E-state index contributed by atoms with van der Waals surface area (Å²) in [4.78, 5) is 4.45. The number of methoxy groups -OCH3 is 1. The van der Waals surface area contributed by atoms with Crippen LogP contribution in [0.3, 0.4) is 0 Å². The standard InChI is InChI=1S/C19H20ClN5O/c1-4-13-5-7-14(8-6-13)22-19-24-18(11-21-25-19)23-16-9-12(2)15(20)10-17(16)26-3/h5-11H,4H2,1-3H3,(H2,22,23,24,25). The van der Waals surface area contributed by atoms with Crippen LogP contribution in [0.15, 0.2) is 42.6 Å². The molecule has 1 heterocycles. The molecular formula is C19H20ClN5O. The molecule has 0 saturated heterocycles. The molecule has 0 aliphatic carbocycles. The van der Waals surface area contributed by atoms with Crippen LogP contribution in [0.25, 0.3) is 0 Å². The Bertz CT molecular complexity index is 899. The molecule has 134 valence electrons. The molecule has 6 nitrogen and oxygen atoms in total. The Morgan fingerprint density at radius 3 is 2.58 bits per heavy atom.